The van der Waals surface area contributed by atoms with Crippen molar-refractivity contribution < 1.29 is 29.3 Å². The normalized spacial score (nSPS) is 14.8. The molecule has 0 radical (unpaired) electrons. The van der Waals surface area contributed by atoms with Crippen LogP contribution in [0.25, 0.3) is 5.76 Å². The molecule has 1 aliphatic rings. The van der Waals surface area contributed by atoms with Crippen LogP contribution in [-0.2, 0) is 14.3 Å². The molecule has 132 valence electrons. The van der Waals surface area contributed by atoms with Crippen molar-refractivity contribution in [3.63, 3.8) is 0 Å². The lowest BCUT2D eigenvalue weighted by Crippen LogP contribution is -2.28. The Balaban J connectivity index is 2.19. The van der Waals surface area contributed by atoms with E-state index in [2.05, 4.69) is 0 Å². The maximum atomic E-state index is 12.7. The molecule has 3 rings (SSSR count). The molecule has 0 spiro atoms. The van der Waals surface area contributed by atoms with Gasteiger partial charge < -0.3 is 14.9 Å². The van der Waals surface area contributed by atoms with Crippen molar-refractivity contribution in [3.05, 3.63) is 70.8 Å². The Morgan fingerprint density at radius 2 is 1.58 bits per heavy atom. The van der Waals surface area contributed by atoms with E-state index in [0.29, 0.717) is 5.56 Å². The topological polar surface area (TPSA) is 101 Å². The van der Waals surface area contributed by atoms with Crippen molar-refractivity contribution in [1.29, 1.82) is 0 Å². The first-order chi connectivity index (χ1) is 12.4. The molecule has 1 unspecified atom stereocenters. The Morgan fingerprint density at radius 3 is 2.19 bits per heavy atom. The van der Waals surface area contributed by atoms with Crippen LogP contribution in [0.15, 0.2) is 54.1 Å². The average Bonchev–Trinajstić information content (AvgIpc) is 2.66. The number of aromatic hydroxyl groups is 1. The van der Waals surface area contributed by atoms with Crippen molar-refractivity contribution in [2.24, 2.45) is 0 Å². The zero-order valence-electron chi connectivity index (χ0n) is 13.9. The van der Waals surface area contributed by atoms with Crippen LogP contribution in [0.2, 0.25) is 0 Å². The summed E-state index contributed by atoms with van der Waals surface area (Å²) in [6, 6.07) is 12.1. The highest BCUT2D eigenvalue weighted by molar-refractivity contribution is 6.52. The summed E-state index contributed by atoms with van der Waals surface area (Å²) in [5.41, 5.74) is 0.724. The molecule has 6 heteroatoms. The number of allylic oxidation sites excluding steroid dienone is 1. The van der Waals surface area contributed by atoms with E-state index in [1.165, 1.54) is 37.4 Å². The van der Waals surface area contributed by atoms with Crippen LogP contribution in [0.1, 0.15) is 33.8 Å². The summed E-state index contributed by atoms with van der Waals surface area (Å²) >= 11 is 0. The first kappa shape index (κ1) is 17.4. The summed E-state index contributed by atoms with van der Waals surface area (Å²) in [6.07, 6.45) is -0.234. The molecule has 0 aliphatic heterocycles. The third-order valence-corrected chi connectivity index (χ3v) is 4.38. The Hall–Kier alpha value is -3.41. The van der Waals surface area contributed by atoms with E-state index in [-0.39, 0.29) is 34.6 Å². The molecular formula is C20H16O6. The minimum absolute atomic E-state index is 0.0140. The van der Waals surface area contributed by atoms with Crippen LogP contribution in [0.3, 0.4) is 0 Å². The van der Waals surface area contributed by atoms with Crippen molar-refractivity contribution in [1.82, 2.24) is 0 Å². The monoisotopic (exact) mass is 352 g/mol. The van der Waals surface area contributed by atoms with Gasteiger partial charge in [-0.1, -0.05) is 36.4 Å². The fourth-order valence-electron chi connectivity index (χ4n) is 3.05. The number of ketones is 2. The summed E-state index contributed by atoms with van der Waals surface area (Å²) in [5.74, 6) is -3.38. The Kier molecular flexibility index (Phi) is 4.58. The number of hydrogen-bond acceptors (Lipinski definition) is 6. The van der Waals surface area contributed by atoms with E-state index in [1.807, 2.05) is 0 Å². The Bertz CT molecular complexity index is 924. The van der Waals surface area contributed by atoms with Gasteiger partial charge in [-0.3, -0.25) is 14.4 Å². The van der Waals surface area contributed by atoms with E-state index < -0.39 is 23.5 Å². The third-order valence-electron chi connectivity index (χ3n) is 4.38. The number of phenolic OH excluding ortho intramolecular Hbond substituents is 1. The van der Waals surface area contributed by atoms with Crippen LogP contribution in [0, 0.1) is 0 Å². The van der Waals surface area contributed by atoms with Gasteiger partial charge in [0.2, 0.25) is 11.6 Å². The summed E-state index contributed by atoms with van der Waals surface area (Å²) in [7, 11) is 1.22. The number of methoxy groups -OCH3 is 1. The van der Waals surface area contributed by atoms with E-state index in [1.54, 1.807) is 18.2 Å². The Morgan fingerprint density at radius 1 is 0.962 bits per heavy atom. The molecule has 0 aromatic heterocycles. The van der Waals surface area contributed by atoms with Crippen molar-refractivity contribution in [2.45, 2.75) is 12.3 Å². The van der Waals surface area contributed by atoms with E-state index >= 15 is 0 Å². The minimum atomic E-state index is -0.882. The molecule has 0 fully saturated rings. The van der Waals surface area contributed by atoms with Crippen molar-refractivity contribution >= 4 is 23.3 Å². The van der Waals surface area contributed by atoms with Gasteiger partial charge in [0.15, 0.2) is 0 Å². The minimum Gasteiger partial charge on any atom is -0.508 e. The summed E-state index contributed by atoms with van der Waals surface area (Å²) < 4.78 is 4.69. The molecule has 2 aromatic rings. The molecule has 0 saturated carbocycles. The number of ether oxygens (including phenoxy) is 1. The lowest BCUT2D eigenvalue weighted by molar-refractivity contribution is -0.140. The second-order valence-corrected chi connectivity index (χ2v) is 5.89. The number of hydrogen-bond donors (Lipinski definition) is 2. The lowest BCUT2D eigenvalue weighted by Gasteiger charge is -2.24. The number of Topliss-reactive ketones (excluding diaryl/α,β-unsaturated/α-hetero) is 2. The maximum Gasteiger partial charge on any atom is 0.306 e. The molecule has 0 heterocycles. The molecular weight excluding hydrogens is 336 g/mol. The second-order valence-electron chi connectivity index (χ2n) is 5.89. The zero-order valence-corrected chi connectivity index (χ0v) is 13.9. The average molecular weight is 352 g/mol. The van der Waals surface area contributed by atoms with Gasteiger partial charge in [0.1, 0.15) is 11.5 Å². The SMILES string of the molecule is COC(=O)CC(C1=C(O)c2ccccc2C(=O)C1=O)c1ccc(O)cc1. The van der Waals surface area contributed by atoms with Crippen LogP contribution in [0.5, 0.6) is 5.75 Å². The highest BCUT2D eigenvalue weighted by Gasteiger charge is 2.38. The highest BCUT2D eigenvalue weighted by atomic mass is 16.5. The number of rotatable bonds is 4. The number of carbonyl (C=O) groups is 3. The standard InChI is InChI=1S/C20H16O6/c1-26-16(22)10-15(11-6-8-12(21)9-7-11)17-18(23)13-4-2-3-5-14(13)19(24)20(17)25/h2-9,15,21,23H,10H2,1H3. The third kappa shape index (κ3) is 2.97. The van der Waals surface area contributed by atoms with Crippen molar-refractivity contribution in [3.8, 4) is 5.75 Å². The van der Waals surface area contributed by atoms with Gasteiger partial charge in [0, 0.05) is 17.0 Å². The smallest absolute Gasteiger partial charge is 0.306 e. The second kappa shape index (κ2) is 6.84. The summed E-state index contributed by atoms with van der Waals surface area (Å²) in [5, 5.41) is 20.2. The van der Waals surface area contributed by atoms with Crippen LogP contribution in [-0.4, -0.2) is 34.9 Å². The van der Waals surface area contributed by atoms with Gasteiger partial charge in [-0.05, 0) is 17.7 Å². The maximum absolute atomic E-state index is 12.7. The van der Waals surface area contributed by atoms with Gasteiger partial charge in [0.05, 0.1) is 19.1 Å². The molecule has 6 nitrogen and oxygen atoms in total. The molecule has 0 amide bonds. The number of benzene rings is 2. The van der Waals surface area contributed by atoms with Gasteiger partial charge in [-0.25, -0.2) is 0 Å². The predicted molar refractivity (Wildman–Crippen MR) is 92.8 cm³/mol. The molecule has 1 aliphatic carbocycles. The van der Waals surface area contributed by atoms with E-state index in [9.17, 15) is 24.6 Å². The van der Waals surface area contributed by atoms with Crippen LogP contribution in [0.4, 0.5) is 0 Å². The summed E-state index contributed by atoms with van der Waals surface area (Å²) in [4.78, 5) is 37.0. The highest BCUT2D eigenvalue weighted by Crippen LogP contribution is 2.38. The number of aliphatic hydroxyl groups is 1. The van der Waals surface area contributed by atoms with E-state index in [4.69, 9.17) is 4.74 Å². The summed E-state index contributed by atoms with van der Waals surface area (Å²) in [6.45, 7) is 0. The first-order valence-corrected chi connectivity index (χ1v) is 7.91. The van der Waals surface area contributed by atoms with E-state index in [0.717, 1.165) is 0 Å². The lowest BCUT2D eigenvalue weighted by atomic mass is 9.78. The van der Waals surface area contributed by atoms with Crippen LogP contribution < -0.4 is 0 Å². The predicted octanol–water partition coefficient (Wildman–Crippen LogP) is 2.77. The quantitative estimate of drug-likeness (QED) is 0.648. The molecule has 2 N–H and O–H groups in total. The van der Waals surface area contributed by atoms with Crippen molar-refractivity contribution in [2.75, 3.05) is 7.11 Å². The van der Waals surface area contributed by atoms with Gasteiger partial charge in [-0.2, -0.15) is 0 Å². The molecule has 2 aromatic carbocycles. The van der Waals surface area contributed by atoms with Gasteiger partial charge in [0.25, 0.3) is 0 Å². The van der Waals surface area contributed by atoms with Gasteiger partial charge in [-0.15, -0.1) is 0 Å². The Labute approximate surface area is 149 Å². The number of esters is 1. The number of carbonyl (C=O) groups excluding carboxylic acids is 3. The van der Waals surface area contributed by atoms with Crippen LogP contribution >= 0.6 is 0 Å². The number of phenols is 1. The fraction of sp³-hybridized carbons (Fsp3) is 0.150. The fourth-order valence-corrected chi connectivity index (χ4v) is 3.05. The number of fused-ring (bicyclic) bond motifs is 1. The van der Waals surface area contributed by atoms with Gasteiger partial charge >= 0.3 is 5.97 Å². The molecule has 1 atom stereocenters. The molecule has 0 bridgehead atoms. The first-order valence-electron chi connectivity index (χ1n) is 7.91. The number of aliphatic hydroxyl groups excluding tert-OH is 1. The largest absolute Gasteiger partial charge is 0.508 e. The molecule has 26 heavy (non-hydrogen) atoms. The zero-order chi connectivity index (χ0) is 18.8. The molecule has 0 saturated heterocycles.